The molecule has 0 spiro atoms. The Kier molecular flexibility index (Phi) is 4.02. The minimum Gasteiger partial charge on any atom is -0.323 e. The molecule has 0 amide bonds. The molecule has 0 saturated heterocycles. The second-order valence-electron chi connectivity index (χ2n) is 3.93. The lowest BCUT2D eigenvalue weighted by Crippen LogP contribution is -2.11. The van der Waals surface area contributed by atoms with Gasteiger partial charge in [0.25, 0.3) is 0 Å². The van der Waals surface area contributed by atoms with E-state index >= 15 is 0 Å². The molecule has 0 saturated carbocycles. The Morgan fingerprint density at radius 1 is 1.39 bits per heavy atom. The largest absolute Gasteiger partial charge is 0.323 e. The number of hydrogen-bond donors (Lipinski definition) is 2. The molecule has 0 aliphatic heterocycles. The van der Waals surface area contributed by atoms with Crippen molar-refractivity contribution in [2.45, 2.75) is 20.3 Å². The molecular formula is C12H12BrCl2N3. The van der Waals surface area contributed by atoms with Crippen molar-refractivity contribution in [3.63, 3.8) is 0 Å². The van der Waals surface area contributed by atoms with Crippen LogP contribution in [0.4, 0.5) is 5.69 Å². The highest BCUT2D eigenvalue weighted by Gasteiger charge is 2.16. The zero-order valence-corrected chi connectivity index (χ0v) is 13.0. The molecule has 0 fully saturated rings. The van der Waals surface area contributed by atoms with Crippen LogP contribution in [0.3, 0.4) is 0 Å². The third kappa shape index (κ3) is 2.07. The van der Waals surface area contributed by atoms with Crippen molar-refractivity contribution in [3.8, 4) is 0 Å². The molecule has 1 aromatic carbocycles. The number of aromatic nitrogens is 1. The maximum atomic E-state index is 6.23. The van der Waals surface area contributed by atoms with Crippen LogP contribution in [0.15, 0.2) is 10.5 Å². The number of rotatable bonds is 2. The molecule has 96 valence electrons. The van der Waals surface area contributed by atoms with Crippen molar-refractivity contribution < 1.29 is 0 Å². The van der Waals surface area contributed by atoms with E-state index in [1.54, 1.807) is 0 Å². The first-order valence-corrected chi connectivity index (χ1v) is 6.99. The zero-order chi connectivity index (χ0) is 13.4. The second-order valence-corrected chi connectivity index (χ2v) is 5.54. The van der Waals surface area contributed by atoms with E-state index < -0.39 is 0 Å². The summed E-state index contributed by atoms with van der Waals surface area (Å²) in [5.41, 5.74) is 6.23. The fraction of sp³-hybridized carbons (Fsp3) is 0.250. The number of nitrogen functional groups attached to an aromatic ring is 1. The highest BCUT2D eigenvalue weighted by molar-refractivity contribution is 9.10. The number of hydrogen-bond acceptors (Lipinski definition) is 3. The van der Waals surface area contributed by atoms with Crippen molar-refractivity contribution in [2.75, 3.05) is 5.43 Å². The SMILES string of the molecule is CCc1c(C)nc2c(Cl)c(Cl)c(Br)cc2c1NN. The average molecular weight is 349 g/mol. The van der Waals surface area contributed by atoms with E-state index in [0.29, 0.717) is 15.6 Å². The van der Waals surface area contributed by atoms with Gasteiger partial charge in [-0.05, 0) is 40.9 Å². The summed E-state index contributed by atoms with van der Waals surface area (Å²) in [6.45, 7) is 3.99. The van der Waals surface area contributed by atoms with E-state index in [4.69, 9.17) is 29.0 Å². The molecule has 2 rings (SSSR count). The lowest BCUT2D eigenvalue weighted by molar-refractivity contribution is 1.06. The summed E-state index contributed by atoms with van der Waals surface area (Å²) in [4.78, 5) is 4.52. The van der Waals surface area contributed by atoms with Crippen molar-refractivity contribution in [1.82, 2.24) is 4.98 Å². The van der Waals surface area contributed by atoms with Crippen LogP contribution in [-0.4, -0.2) is 4.98 Å². The molecule has 3 N–H and O–H groups in total. The highest BCUT2D eigenvalue weighted by Crippen LogP contribution is 2.40. The number of fused-ring (bicyclic) bond motifs is 1. The normalized spacial score (nSPS) is 11.0. The standard InChI is InChI=1S/C12H12BrCl2N3/c1-3-6-5(2)17-12-7(11(6)18-16)4-8(13)9(14)10(12)15/h4H,3,16H2,1-2H3,(H,17,18). The molecule has 1 aromatic heterocycles. The molecule has 0 unspecified atom stereocenters. The number of halogens is 3. The number of nitrogens with two attached hydrogens (primary N) is 1. The predicted molar refractivity (Wildman–Crippen MR) is 81.4 cm³/mol. The maximum absolute atomic E-state index is 6.23. The van der Waals surface area contributed by atoms with Gasteiger partial charge in [-0.25, -0.2) is 0 Å². The van der Waals surface area contributed by atoms with Crippen molar-refractivity contribution in [1.29, 1.82) is 0 Å². The molecule has 6 heteroatoms. The van der Waals surface area contributed by atoms with E-state index in [1.165, 1.54) is 0 Å². The average Bonchev–Trinajstić information content (AvgIpc) is 2.36. The second kappa shape index (κ2) is 5.21. The van der Waals surface area contributed by atoms with Crippen molar-refractivity contribution in [3.05, 3.63) is 31.8 Å². The van der Waals surface area contributed by atoms with Crippen LogP contribution < -0.4 is 11.3 Å². The Morgan fingerprint density at radius 3 is 2.61 bits per heavy atom. The number of pyridine rings is 1. The number of nitrogens with zero attached hydrogens (tertiary/aromatic N) is 1. The fourth-order valence-corrected chi connectivity index (χ4v) is 2.99. The molecular weight excluding hydrogens is 337 g/mol. The Balaban J connectivity index is 2.98. The Bertz CT molecular complexity index is 629. The first kappa shape index (κ1) is 13.9. The Morgan fingerprint density at radius 2 is 2.06 bits per heavy atom. The number of anilines is 1. The van der Waals surface area contributed by atoms with Crippen LogP contribution in [0.25, 0.3) is 10.9 Å². The fourth-order valence-electron chi connectivity index (χ4n) is 2.06. The van der Waals surface area contributed by atoms with E-state index in [1.807, 2.05) is 13.0 Å². The first-order chi connectivity index (χ1) is 8.51. The van der Waals surface area contributed by atoms with Gasteiger partial charge in [0.05, 0.1) is 21.2 Å². The Labute approximate surface area is 124 Å². The summed E-state index contributed by atoms with van der Waals surface area (Å²) >= 11 is 15.7. The lowest BCUT2D eigenvalue weighted by Gasteiger charge is -2.15. The van der Waals surface area contributed by atoms with Gasteiger partial charge in [-0.15, -0.1) is 0 Å². The van der Waals surface area contributed by atoms with Crippen LogP contribution in [0.2, 0.25) is 10.0 Å². The molecule has 0 aliphatic rings. The van der Waals surface area contributed by atoms with Crippen LogP contribution >= 0.6 is 39.1 Å². The van der Waals surface area contributed by atoms with Gasteiger partial charge in [-0.1, -0.05) is 30.1 Å². The van der Waals surface area contributed by atoms with E-state index in [-0.39, 0.29) is 0 Å². The molecule has 0 bridgehead atoms. The first-order valence-electron chi connectivity index (χ1n) is 5.44. The molecule has 18 heavy (non-hydrogen) atoms. The van der Waals surface area contributed by atoms with E-state index in [0.717, 1.165) is 33.2 Å². The number of aryl methyl sites for hydroxylation is 1. The molecule has 0 atom stereocenters. The van der Waals surface area contributed by atoms with Gasteiger partial charge in [0.15, 0.2) is 0 Å². The lowest BCUT2D eigenvalue weighted by atomic mass is 10.0. The minimum absolute atomic E-state index is 0.434. The van der Waals surface area contributed by atoms with E-state index in [9.17, 15) is 0 Å². The summed E-state index contributed by atoms with van der Waals surface area (Å²) < 4.78 is 0.728. The molecule has 0 radical (unpaired) electrons. The number of hydrazine groups is 1. The summed E-state index contributed by atoms with van der Waals surface area (Å²) in [6, 6.07) is 1.88. The maximum Gasteiger partial charge on any atom is 0.0928 e. The third-order valence-electron chi connectivity index (χ3n) is 2.92. The quantitative estimate of drug-likeness (QED) is 0.478. The smallest absolute Gasteiger partial charge is 0.0928 e. The molecule has 1 heterocycles. The Hall–Kier alpha value is -0.550. The van der Waals surface area contributed by atoms with Crippen LogP contribution in [-0.2, 0) is 6.42 Å². The molecule has 3 nitrogen and oxygen atoms in total. The van der Waals surface area contributed by atoms with Gasteiger partial charge in [0.1, 0.15) is 0 Å². The van der Waals surface area contributed by atoms with Crippen molar-refractivity contribution in [2.24, 2.45) is 5.84 Å². The summed E-state index contributed by atoms with van der Waals surface area (Å²) in [5.74, 6) is 5.63. The molecule has 0 aliphatic carbocycles. The highest BCUT2D eigenvalue weighted by atomic mass is 79.9. The van der Waals surface area contributed by atoms with Crippen LogP contribution in [0, 0.1) is 6.92 Å². The van der Waals surface area contributed by atoms with Gasteiger partial charge < -0.3 is 5.43 Å². The van der Waals surface area contributed by atoms with Gasteiger partial charge in [-0.3, -0.25) is 10.8 Å². The monoisotopic (exact) mass is 347 g/mol. The predicted octanol–water partition coefficient (Wildman–Crippen LogP) is 4.46. The third-order valence-corrected chi connectivity index (χ3v) is 4.63. The summed E-state index contributed by atoms with van der Waals surface area (Å²) in [7, 11) is 0. The topological polar surface area (TPSA) is 50.9 Å². The van der Waals surface area contributed by atoms with Gasteiger partial charge in [0.2, 0.25) is 0 Å². The minimum atomic E-state index is 0.434. The number of nitrogens with one attached hydrogen (secondary N) is 1. The summed E-state index contributed by atoms with van der Waals surface area (Å²) in [6.07, 6.45) is 0.839. The summed E-state index contributed by atoms with van der Waals surface area (Å²) in [5, 5.41) is 1.76. The van der Waals surface area contributed by atoms with Gasteiger partial charge in [0, 0.05) is 15.6 Å². The molecule has 2 aromatic rings. The van der Waals surface area contributed by atoms with Crippen LogP contribution in [0.5, 0.6) is 0 Å². The van der Waals surface area contributed by atoms with Gasteiger partial charge >= 0.3 is 0 Å². The number of benzene rings is 1. The van der Waals surface area contributed by atoms with Crippen molar-refractivity contribution >= 4 is 55.7 Å². The van der Waals surface area contributed by atoms with Gasteiger partial charge in [-0.2, -0.15) is 0 Å². The zero-order valence-electron chi connectivity index (χ0n) is 9.94. The van der Waals surface area contributed by atoms with Crippen LogP contribution in [0.1, 0.15) is 18.2 Å². The van der Waals surface area contributed by atoms with E-state index in [2.05, 4.69) is 33.3 Å².